The number of carbonyl (C=O) groups is 1. The molecule has 0 atom stereocenters. The number of benzene rings is 2. The highest BCUT2D eigenvalue weighted by molar-refractivity contribution is 5.94. The van der Waals surface area contributed by atoms with Gasteiger partial charge in [0.2, 0.25) is 0 Å². The van der Waals surface area contributed by atoms with Gasteiger partial charge in [-0.05, 0) is 37.2 Å². The average Bonchev–Trinajstić information content (AvgIpc) is 2.63. The van der Waals surface area contributed by atoms with Crippen molar-refractivity contribution in [1.82, 2.24) is 10.6 Å². The quantitative estimate of drug-likeness (QED) is 0.545. The van der Waals surface area contributed by atoms with Gasteiger partial charge in [0.25, 0.3) is 5.91 Å². The number of carbonyl (C=O) groups excluding carboxylic acids is 1. The molecule has 0 saturated carbocycles. The van der Waals surface area contributed by atoms with E-state index < -0.39 is 5.82 Å². The molecule has 5 heteroatoms. The number of hydrogen-bond donors (Lipinski definition) is 2. The summed E-state index contributed by atoms with van der Waals surface area (Å²) < 4.78 is 18.6. The Balaban J connectivity index is 1.67. The Morgan fingerprint density at radius 1 is 1.16 bits per heavy atom. The van der Waals surface area contributed by atoms with E-state index in [1.54, 1.807) is 6.07 Å². The van der Waals surface area contributed by atoms with Crippen molar-refractivity contribution < 1.29 is 13.9 Å². The van der Waals surface area contributed by atoms with Crippen LogP contribution in [0.3, 0.4) is 0 Å². The maximum absolute atomic E-state index is 13.1. The standard InChI is InChI=1S/C20H21FN2O2/c1-2-13-25-19-10-4-3-7-17(19)15-22-11-6-12-23-20(24)16-8-5-9-18(21)14-16/h1,3-5,7-10,14,22H,6,11-13,15H2,(H,23,24). The number of ether oxygens (including phenoxy) is 1. The lowest BCUT2D eigenvalue weighted by molar-refractivity contribution is 0.0953. The normalized spacial score (nSPS) is 10.1. The second kappa shape index (κ2) is 10.1. The second-order valence-corrected chi connectivity index (χ2v) is 5.40. The van der Waals surface area contributed by atoms with E-state index in [0.29, 0.717) is 18.7 Å². The Labute approximate surface area is 147 Å². The molecular weight excluding hydrogens is 319 g/mol. The van der Waals surface area contributed by atoms with E-state index in [1.165, 1.54) is 18.2 Å². The highest BCUT2D eigenvalue weighted by Gasteiger charge is 2.05. The van der Waals surface area contributed by atoms with Crippen molar-refractivity contribution in [3.05, 3.63) is 65.5 Å². The van der Waals surface area contributed by atoms with E-state index in [2.05, 4.69) is 16.6 Å². The summed E-state index contributed by atoms with van der Waals surface area (Å²) in [5, 5.41) is 6.07. The van der Waals surface area contributed by atoms with Gasteiger partial charge in [0.1, 0.15) is 18.2 Å². The fourth-order valence-electron chi connectivity index (χ4n) is 2.28. The lowest BCUT2D eigenvalue weighted by Crippen LogP contribution is -2.27. The molecule has 2 aromatic carbocycles. The van der Waals surface area contributed by atoms with Gasteiger partial charge in [-0.15, -0.1) is 6.42 Å². The maximum Gasteiger partial charge on any atom is 0.251 e. The summed E-state index contributed by atoms with van der Waals surface area (Å²) in [7, 11) is 0. The van der Waals surface area contributed by atoms with Crippen LogP contribution in [0, 0.1) is 18.2 Å². The van der Waals surface area contributed by atoms with Gasteiger partial charge in [-0.3, -0.25) is 4.79 Å². The Bertz CT molecular complexity index is 740. The van der Waals surface area contributed by atoms with Gasteiger partial charge in [-0.2, -0.15) is 0 Å². The number of amides is 1. The van der Waals surface area contributed by atoms with Gasteiger partial charge in [-0.25, -0.2) is 4.39 Å². The molecule has 0 heterocycles. The predicted octanol–water partition coefficient (Wildman–Crippen LogP) is 2.75. The molecule has 0 aliphatic heterocycles. The molecule has 0 unspecified atom stereocenters. The van der Waals surface area contributed by atoms with Crippen molar-refractivity contribution in [2.75, 3.05) is 19.7 Å². The molecule has 0 aliphatic rings. The molecule has 2 rings (SSSR count). The summed E-state index contributed by atoms with van der Waals surface area (Å²) in [5.41, 5.74) is 1.36. The predicted molar refractivity (Wildman–Crippen MR) is 95.8 cm³/mol. The monoisotopic (exact) mass is 340 g/mol. The third-order valence-corrected chi connectivity index (χ3v) is 3.50. The first-order valence-corrected chi connectivity index (χ1v) is 8.09. The van der Waals surface area contributed by atoms with Crippen LogP contribution in [0.5, 0.6) is 5.75 Å². The first kappa shape index (κ1) is 18.5. The minimum absolute atomic E-state index is 0.239. The molecule has 1 amide bonds. The van der Waals surface area contributed by atoms with Crippen LogP contribution < -0.4 is 15.4 Å². The Kier molecular flexibility index (Phi) is 7.48. The summed E-state index contributed by atoms with van der Waals surface area (Å²) in [6, 6.07) is 13.3. The summed E-state index contributed by atoms with van der Waals surface area (Å²) in [4.78, 5) is 11.9. The Morgan fingerprint density at radius 2 is 2.00 bits per heavy atom. The smallest absolute Gasteiger partial charge is 0.251 e. The molecule has 0 fully saturated rings. The fraction of sp³-hybridized carbons (Fsp3) is 0.250. The average molecular weight is 340 g/mol. The van der Waals surface area contributed by atoms with Gasteiger partial charge in [-0.1, -0.05) is 30.2 Å². The van der Waals surface area contributed by atoms with Crippen LogP contribution in [0.4, 0.5) is 4.39 Å². The van der Waals surface area contributed by atoms with E-state index in [4.69, 9.17) is 11.2 Å². The van der Waals surface area contributed by atoms with Crippen molar-refractivity contribution in [2.45, 2.75) is 13.0 Å². The molecule has 2 N–H and O–H groups in total. The maximum atomic E-state index is 13.1. The largest absolute Gasteiger partial charge is 0.481 e. The van der Waals surface area contributed by atoms with Crippen molar-refractivity contribution in [1.29, 1.82) is 0 Å². The molecule has 0 spiro atoms. The molecular formula is C20H21FN2O2. The van der Waals surface area contributed by atoms with Crippen LogP contribution in [-0.4, -0.2) is 25.6 Å². The zero-order valence-corrected chi connectivity index (χ0v) is 13.9. The SMILES string of the molecule is C#CCOc1ccccc1CNCCCNC(=O)c1cccc(F)c1. The van der Waals surface area contributed by atoms with Crippen LogP contribution in [-0.2, 0) is 6.54 Å². The molecule has 4 nitrogen and oxygen atoms in total. The summed E-state index contributed by atoms with van der Waals surface area (Å²) in [5.74, 6) is 2.53. The summed E-state index contributed by atoms with van der Waals surface area (Å²) in [6.45, 7) is 2.13. The highest BCUT2D eigenvalue weighted by Crippen LogP contribution is 2.17. The van der Waals surface area contributed by atoms with Crippen LogP contribution in [0.15, 0.2) is 48.5 Å². The van der Waals surface area contributed by atoms with Gasteiger partial charge in [0.05, 0.1) is 0 Å². The van der Waals surface area contributed by atoms with Gasteiger partial charge < -0.3 is 15.4 Å². The van der Waals surface area contributed by atoms with Crippen molar-refractivity contribution in [3.8, 4) is 18.1 Å². The lowest BCUT2D eigenvalue weighted by Gasteiger charge is -2.11. The molecule has 0 bridgehead atoms. The lowest BCUT2D eigenvalue weighted by atomic mass is 10.2. The number of terminal acetylenes is 1. The molecule has 130 valence electrons. The van der Waals surface area contributed by atoms with Gasteiger partial charge >= 0.3 is 0 Å². The Morgan fingerprint density at radius 3 is 2.80 bits per heavy atom. The van der Waals surface area contributed by atoms with Gasteiger partial charge in [0, 0.05) is 24.2 Å². The third-order valence-electron chi connectivity index (χ3n) is 3.50. The zero-order valence-electron chi connectivity index (χ0n) is 13.9. The van der Waals surface area contributed by atoms with E-state index in [0.717, 1.165) is 24.3 Å². The molecule has 25 heavy (non-hydrogen) atoms. The topological polar surface area (TPSA) is 50.4 Å². The number of rotatable bonds is 9. The van der Waals surface area contributed by atoms with Crippen LogP contribution in [0.1, 0.15) is 22.3 Å². The van der Waals surface area contributed by atoms with Crippen LogP contribution in [0.25, 0.3) is 0 Å². The fourth-order valence-corrected chi connectivity index (χ4v) is 2.28. The minimum Gasteiger partial charge on any atom is -0.481 e. The first-order valence-electron chi connectivity index (χ1n) is 8.09. The molecule has 2 aromatic rings. The second-order valence-electron chi connectivity index (χ2n) is 5.40. The van der Waals surface area contributed by atoms with Crippen LogP contribution in [0.2, 0.25) is 0 Å². The molecule has 0 aromatic heterocycles. The highest BCUT2D eigenvalue weighted by atomic mass is 19.1. The minimum atomic E-state index is -0.417. The van der Waals surface area contributed by atoms with Gasteiger partial charge in [0.15, 0.2) is 0 Å². The van der Waals surface area contributed by atoms with Crippen molar-refractivity contribution in [2.24, 2.45) is 0 Å². The van der Waals surface area contributed by atoms with E-state index in [9.17, 15) is 9.18 Å². The number of hydrogen-bond acceptors (Lipinski definition) is 3. The van der Waals surface area contributed by atoms with Crippen LogP contribution >= 0.6 is 0 Å². The van der Waals surface area contributed by atoms with Crippen molar-refractivity contribution >= 4 is 5.91 Å². The van der Waals surface area contributed by atoms with Crippen molar-refractivity contribution in [3.63, 3.8) is 0 Å². The number of nitrogens with one attached hydrogen (secondary N) is 2. The number of halogens is 1. The van der Waals surface area contributed by atoms with E-state index in [1.807, 2.05) is 24.3 Å². The first-order chi connectivity index (χ1) is 12.2. The molecule has 0 radical (unpaired) electrons. The van der Waals surface area contributed by atoms with E-state index >= 15 is 0 Å². The Hall–Kier alpha value is -2.84. The molecule has 0 saturated heterocycles. The summed E-state index contributed by atoms with van der Waals surface area (Å²) >= 11 is 0. The number of para-hydroxylation sites is 1. The molecule has 0 aliphatic carbocycles. The van der Waals surface area contributed by atoms with E-state index in [-0.39, 0.29) is 12.5 Å². The summed E-state index contributed by atoms with van der Waals surface area (Å²) in [6.07, 6.45) is 5.97. The third kappa shape index (κ3) is 6.28. The zero-order chi connectivity index (χ0) is 17.9.